The molecular weight excluding hydrogens is 346 g/mol. The highest BCUT2D eigenvalue weighted by atomic mass is 35.5. The highest BCUT2D eigenvalue weighted by Gasteiger charge is 2.23. The van der Waals surface area contributed by atoms with Crippen LogP contribution in [-0.2, 0) is 6.54 Å². The molecule has 2 aromatic carbocycles. The summed E-state index contributed by atoms with van der Waals surface area (Å²) < 4.78 is 0. The summed E-state index contributed by atoms with van der Waals surface area (Å²) in [5.74, 6) is 0.765. The molecule has 3 nitrogen and oxygen atoms in total. The molecule has 0 aliphatic heterocycles. The van der Waals surface area contributed by atoms with Crippen LogP contribution in [0, 0.1) is 0 Å². The number of halogens is 1. The van der Waals surface area contributed by atoms with Gasteiger partial charge in [0.05, 0.1) is 0 Å². The van der Waals surface area contributed by atoms with Gasteiger partial charge in [0.2, 0.25) is 0 Å². The Hall–Kier alpha value is -1.84. The highest BCUT2D eigenvalue weighted by molar-refractivity contribution is 6.09. The maximum absolute atomic E-state index is 12.9. The first-order chi connectivity index (χ1) is 12.1. The third kappa shape index (κ3) is 4.66. The van der Waals surface area contributed by atoms with Crippen LogP contribution in [0.25, 0.3) is 0 Å². The lowest BCUT2D eigenvalue weighted by Crippen LogP contribution is -2.14. The highest BCUT2D eigenvalue weighted by Crippen LogP contribution is 2.39. The van der Waals surface area contributed by atoms with Gasteiger partial charge in [-0.05, 0) is 50.6 Å². The van der Waals surface area contributed by atoms with Crippen LogP contribution in [0.1, 0.15) is 65.1 Å². The summed E-state index contributed by atoms with van der Waals surface area (Å²) in [6.45, 7) is 0.626. The van der Waals surface area contributed by atoms with E-state index in [-0.39, 0.29) is 18.2 Å². The van der Waals surface area contributed by atoms with Crippen molar-refractivity contribution in [1.82, 2.24) is 4.90 Å². The topological polar surface area (TPSA) is 40.5 Å². The molecule has 0 aromatic heterocycles. The lowest BCUT2D eigenvalue weighted by Gasteiger charge is -2.25. The van der Waals surface area contributed by atoms with Crippen LogP contribution < -0.4 is 0 Å². The SMILES string of the molecule is CN(C)Cc1cc(C(=O)c2ccccc2)cc(C2CCCCC2)c1O.Cl. The summed E-state index contributed by atoms with van der Waals surface area (Å²) in [7, 11) is 3.96. The molecule has 140 valence electrons. The van der Waals surface area contributed by atoms with Gasteiger partial charge in [-0.1, -0.05) is 49.6 Å². The van der Waals surface area contributed by atoms with E-state index in [0.717, 1.165) is 24.0 Å². The van der Waals surface area contributed by atoms with Crippen molar-refractivity contribution in [2.24, 2.45) is 0 Å². The Morgan fingerprint density at radius 2 is 1.69 bits per heavy atom. The van der Waals surface area contributed by atoms with Crippen molar-refractivity contribution in [1.29, 1.82) is 0 Å². The number of ketones is 1. The number of carbonyl (C=O) groups excluding carboxylic acids is 1. The Bertz CT molecular complexity index is 737. The number of phenols is 1. The molecule has 4 heteroatoms. The van der Waals surface area contributed by atoms with Gasteiger partial charge in [-0.3, -0.25) is 4.79 Å². The number of rotatable bonds is 5. The summed E-state index contributed by atoms with van der Waals surface area (Å²) in [6, 6.07) is 13.2. The van der Waals surface area contributed by atoms with Crippen LogP contribution >= 0.6 is 12.4 Å². The van der Waals surface area contributed by atoms with E-state index >= 15 is 0 Å². The van der Waals surface area contributed by atoms with Crippen molar-refractivity contribution < 1.29 is 9.90 Å². The molecule has 1 N–H and O–H groups in total. The van der Waals surface area contributed by atoms with E-state index in [4.69, 9.17) is 0 Å². The molecule has 3 rings (SSSR count). The minimum absolute atomic E-state index is 0. The van der Waals surface area contributed by atoms with E-state index in [1.165, 1.54) is 19.3 Å². The second-order valence-electron chi connectivity index (χ2n) is 7.34. The number of hydrogen-bond acceptors (Lipinski definition) is 3. The van der Waals surface area contributed by atoms with E-state index in [1.807, 2.05) is 61.5 Å². The summed E-state index contributed by atoms with van der Waals surface area (Å²) in [5, 5.41) is 10.8. The molecule has 2 aromatic rings. The van der Waals surface area contributed by atoms with Gasteiger partial charge in [0.25, 0.3) is 0 Å². The second kappa shape index (κ2) is 9.20. The molecule has 1 aliphatic rings. The maximum atomic E-state index is 12.9. The van der Waals surface area contributed by atoms with E-state index < -0.39 is 0 Å². The maximum Gasteiger partial charge on any atom is 0.193 e. The third-order valence-corrected chi connectivity index (χ3v) is 5.05. The normalized spacial score (nSPS) is 14.9. The third-order valence-electron chi connectivity index (χ3n) is 5.05. The predicted octanol–water partition coefficient (Wildman–Crippen LogP) is 5.15. The molecule has 0 heterocycles. The summed E-state index contributed by atoms with van der Waals surface area (Å²) in [5.41, 5.74) is 3.17. The molecule has 0 bridgehead atoms. The first-order valence-electron chi connectivity index (χ1n) is 9.16. The van der Waals surface area contributed by atoms with E-state index in [0.29, 0.717) is 29.3 Å². The molecule has 0 spiro atoms. The molecule has 0 atom stereocenters. The van der Waals surface area contributed by atoms with Gasteiger partial charge in [-0.15, -0.1) is 12.4 Å². The fraction of sp³-hybridized carbons (Fsp3) is 0.409. The molecule has 0 unspecified atom stereocenters. The van der Waals surface area contributed by atoms with Gasteiger partial charge >= 0.3 is 0 Å². The monoisotopic (exact) mass is 373 g/mol. The Morgan fingerprint density at radius 1 is 1.04 bits per heavy atom. The fourth-order valence-corrected chi connectivity index (χ4v) is 3.79. The summed E-state index contributed by atoms with van der Waals surface area (Å²) >= 11 is 0. The zero-order valence-corrected chi connectivity index (χ0v) is 16.4. The van der Waals surface area contributed by atoms with Crippen LogP contribution in [0.15, 0.2) is 42.5 Å². The minimum Gasteiger partial charge on any atom is -0.507 e. The average Bonchev–Trinajstić information content (AvgIpc) is 2.64. The van der Waals surface area contributed by atoms with Crippen molar-refractivity contribution >= 4 is 18.2 Å². The number of phenolic OH excluding ortho intramolecular Hbond substituents is 1. The Balaban J connectivity index is 0.00000243. The molecular formula is C22H28ClNO2. The number of nitrogens with zero attached hydrogens (tertiary/aromatic N) is 1. The Labute approximate surface area is 162 Å². The van der Waals surface area contributed by atoms with Crippen LogP contribution in [-0.4, -0.2) is 29.9 Å². The van der Waals surface area contributed by atoms with Crippen molar-refractivity contribution in [2.45, 2.75) is 44.6 Å². The number of aromatic hydroxyl groups is 1. The van der Waals surface area contributed by atoms with E-state index in [2.05, 4.69) is 0 Å². The smallest absolute Gasteiger partial charge is 0.193 e. The van der Waals surface area contributed by atoms with E-state index in [1.54, 1.807) is 0 Å². The second-order valence-corrected chi connectivity index (χ2v) is 7.34. The van der Waals surface area contributed by atoms with Gasteiger partial charge in [-0.2, -0.15) is 0 Å². The number of hydrogen-bond donors (Lipinski definition) is 1. The zero-order chi connectivity index (χ0) is 17.8. The molecule has 0 saturated heterocycles. The summed E-state index contributed by atoms with van der Waals surface area (Å²) in [4.78, 5) is 15.0. The molecule has 1 fully saturated rings. The van der Waals surface area contributed by atoms with Crippen LogP contribution in [0.5, 0.6) is 5.75 Å². The molecule has 0 radical (unpaired) electrons. The van der Waals surface area contributed by atoms with Gasteiger partial charge in [-0.25, -0.2) is 0 Å². The van der Waals surface area contributed by atoms with Crippen molar-refractivity contribution in [2.75, 3.05) is 14.1 Å². The summed E-state index contributed by atoms with van der Waals surface area (Å²) in [6.07, 6.45) is 5.86. The van der Waals surface area contributed by atoms with Gasteiger partial charge in [0.1, 0.15) is 5.75 Å². The molecule has 1 saturated carbocycles. The fourth-order valence-electron chi connectivity index (χ4n) is 3.79. The molecule has 0 amide bonds. The first kappa shape index (κ1) is 20.5. The van der Waals surface area contributed by atoms with Gasteiger partial charge in [0.15, 0.2) is 5.78 Å². The Morgan fingerprint density at radius 3 is 2.31 bits per heavy atom. The van der Waals surface area contributed by atoms with Crippen LogP contribution in [0.2, 0.25) is 0 Å². The van der Waals surface area contributed by atoms with E-state index in [9.17, 15) is 9.90 Å². The Kier molecular flexibility index (Phi) is 7.24. The van der Waals surface area contributed by atoms with Gasteiger partial charge in [0, 0.05) is 23.2 Å². The zero-order valence-electron chi connectivity index (χ0n) is 15.6. The van der Waals surface area contributed by atoms with Crippen molar-refractivity contribution in [3.8, 4) is 5.75 Å². The molecule has 1 aliphatic carbocycles. The first-order valence-corrected chi connectivity index (χ1v) is 9.16. The number of carbonyl (C=O) groups is 1. The van der Waals surface area contributed by atoms with Crippen LogP contribution in [0.4, 0.5) is 0 Å². The van der Waals surface area contributed by atoms with Crippen molar-refractivity contribution in [3.63, 3.8) is 0 Å². The standard InChI is InChI=1S/C22H27NO2.ClH/c1-23(2)15-19-13-18(21(24)17-11-7-4-8-12-17)14-20(22(19)25)16-9-5-3-6-10-16;/h4,7-8,11-14,16,25H,3,5-6,9-10,15H2,1-2H3;1H. The minimum atomic E-state index is 0. The quantitative estimate of drug-likeness (QED) is 0.736. The predicted molar refractivity (Wildman–Crippen MR) is 108 cm³/mol. The largest absolute Gasteiger partial charge is 0.507 e. The van der Waals surface area contributed by atoms with Crippen LogP contribution in [0.3, 0.4) is 0 Å². The lowest BCUT2D eigenvalue weighted by molar-refractivity contribution is 0.103. The average molecular weight is 374 g/mol. The number of benzene rings is 2. The lowest BCUT2D eigenvalue weighted by atomic mass is 9.81. The molecule has 26 heavy (non-hydrogen) atoms. The van der Waals surface area contributed by atoms with Gasteiger partial charge < -0.3 is 10.0 Å². The van der Waals surface area contributed by atoms with Crippen molar-refractivity contribution in [3.05, 3.63) is 64.7 Å².